The van der Waals surface area contributed by atoms with E-state index in [1.54, 1.807) is 20.8 Å². The smallest absolute Gasteiger partial charge is 0.326 e. The Kier molecular flexibility index (Phi) is 6.15. The molecule has 0 saturated heterocycles. The zero-order valence-corrected chi connectivity index (χ0v) is 12.0. The first kappa shape index (κ1) is 17.9. The van der Waals surface area contributed by atoms with Gasteiger partial charge in [0.15, 0.2) is 0 Å². The maximum Gasteiger partial charge on any atom is 0.326 e. The van der Waals surface area contributed by atoms with Crippen molar-refractivity contribution in [2.75, 3.05) is 0 Å². The van der Waals surface area contributed by atoms with Crippen LogP contribution in [0.3, 0.4) is 0 Å². The average molecular weight is 287 g/mol. The van der Waals surface area contributed by atoms with E-state index in [0.29, 0.717) is 0 Å². The first-order valence-electron chi connectivity index (χ1n) is 6.07. The average Bonchev–Trinajstić information content (AvgIpc) is 2.25. The number of carboxylic acids is 1. The summed E-state index contributed by atoms with van der Waals surface area (Å²) in [5.74, 6) is -3.26. The quantitative estimate of drug-likeness (QED) is 0.495. The van der Waals surface area contributed by atoms with E-state index in [2.05, 4.69) is 10.6 Å². The highest BCUT2D eigenvalue weighted by Crippen LogP contribution is 2.12. The highest BCUT2D eigenvalue weighted by Gasteiger charge is 2.28. The largest absolute Gasteiger partial charge is 0.480 e. The lowest BCUT2D eigenvalue weighted by atomic mass is 9.95. The van der Waals surface area contributed by atoms with Gasteiger partial charge in [-0.2, -0.15) is 0 Å². The zero-order valence-electron chi connectivity index (χ0n) is 12.0. The van der Waals surface area contributed by atoms with Crippen molar-refractivity contribution in [3.05, 3.63) is 0 Å². The summed E-state index contributed by atoms with van der Waals surface area (Å²) < 4.78 is 0. The molecular formula is C12H21N3O5. The second-order valence-electron chi connectivity index (χ2n) is 5.51. The molecule has 3 amide bonds. The number of nitrogens with two attached hydrogens (primary N) is 1. The number of carboxylic acid groups (broad SMARTS) is 1. The summed E-state index contributed by atoms with van der Waals surface area (Å²) >= 11 is 0. The standard InChI is InChI=1S/C12H21N3O5/c1-6(14-11(20)12(2,3)4)9(17)15-7(10(18)19)5-8(13)16/h6-7H,5H2,1-4H3,(H2,13,16)(H,14,20)(H,15,17)(H,18,19)/t6?,7-/m1/s1. The van der Waals surface area contributed by atoms with Gasteiger partial charge in [0.1, 0.15) is 12.1 Å². The summed E-state index contributed by atoms with van der Waals surface area (Å²) in [7, 11) is 0. The molecule has 20 heavy (non-hydrogen) atoms. The Labute approximate surface area is 117 Å². The van der Waals surface area contributed by atoms with Gasteiger partial charge in [-0.15, -0.1) is 0 Å². The number of carbonyl (C=O) groups is 4. The molecule has 8 heteroatoms. The maximum absolute atomic E-state index is 11.8. The lowest BCUT2D eigenvalue weighted by Gasteiger charge is -2.22. The number of amides is 3. The van der Waals surface area contributed by atoms with Crippen molar-refractivity contribution in [2.24, 2.45) is 11.1 Å². The van der Waals surface area contributed by atoms with Gasteiger partial charge in [0.2, 0.25) is 17.7 Å². The Morgan fingerprint density at radius 2 is 1.65 bits per heavy atom. The van der Waals surface area contributed by atoms with E-state index < -0.39 is 41.7 Å². The topological polar surface area (TPSA) is 139 Å². The van der Waals surface area contributed by atoms with Crippen LogP contribution in [-0.2, 0) is 19.2 Å². The molecule has 1 unspecified atom stereocenters. The Bertz CT molecular complexity index is 414. The molecule has 0 aromatic carbocycles. The Morgan fingerprint density at radius 1 is 1.15 bits per heavy atom. The van der Waals surface area contributed by atoms with Crippen molar-refractivity contribution in [3.63, 3.8) is 0 Å². The van der Waals surface area contributed by atoms with E-state index in [1.807, 2.05) is 0 Å². The number of carbonyl (C=O) groups excluding carboxylic acids is 3. The van der Waals surface area contributed by atoms with Crippen LogP contribution in [-0.4, -0.2) is 40.9 Å². The van der Waals surface area contributed by atoms with Crippen LogP contribution in [0.15, 0.2) is 0 Å². The summed E-state index contributed by atoms with van der Waals surface area (Å²) in [4.78, 5) is 45.0. The van der Waals surface area contributed by atoms with Gasteiger partial charge >= 0.3 is 5.97 Å². The second-order valence-corrected chi connectivity index (χ2v) is 5.51. The minimum absolute atomic E-state index is 0.345. The summed E-state index contributed by atoms with van der Waals surface area (Å²) in [6, 6.07) is -2.33. The third kappa shape index (κ3) is 6.17. The number of primary amides is 1. The van der Waals surface area contributed by atoms with Crippen molar-refractivity contribution in [3.8, 4) is 0 Å². The third-order valence-corrected chi connectivity index (χ3v) is 2.44. The molecule has 0 aliphatic carbocycles. The zero-order chi connectivity index (χ0) is 16.1. The normalized spacial score (nSPS) is 14.0. The van der Waals surface area contributed by atoms with Gasteiger partial charge in [0.25, 0.3) is 0 Å². The molecule has 0 saturated carbocycles. The van der Waals surface area contributed by atoms with E-state index >= 15 is 0 Å². The molecule has 0 aliphatic rings. The molecule has 114 valence electrons. The molecule has 0 aliphatic heterocycles. The summed E-state index contributed by atoms with van der Waals surface area (Å²) in [5.41, 5.74) is 4.22. The summed E-state index contributed by atoms with van der Waals surface area (Å²) in [6.07, 6.45) is -0.513. The molecule has 0 fully saturated rings. The molecule has 0 bridgehead atoms. The monoisotopic (exact) mass is 287 g/mol. The van der Waals surface area contributed by atoms with Gasteiger partial charge in [-0.1, -0.05) is 20.8 Å². The van der Waals surface area contributed by atoms with Crippen molar-refractivity contribution >= 4 is 23.7 Å². The summed E-state index contributed by atoms with van der Waals surface area (Å²) in [6.45, 7) is 6.46. The van der Waals surface area contributed by atoms with Gasteiger partial charge in [-0.3, -0.25) is 14.4 Å². The highest BCUT2D eigenvalue weighted by atomic mass is 16.4. The van der Waals surface area contributed by atoms with Gasteiger partial charge in [0.05, 0.1) is 6.42 Å². The van der Waals surface area contributed by atoms with E-state index in [4.69, 9.17) is 10.8 Å². The van der Waals surface area contributed by atoms with Crippen LogP contribution in [0.2, 0.25) is 0 Å². The van der Waals surface area contributed by atoms with Gasteiger partial charge in [-0.25, -0.2) is 4.79 Å². The molecule has 0 radical (unpaired) electrons. The van der Waals surface area contributed by atoms with Crippen LogP contribution in [0.4, 0.5) is 0 Å². The van der Waals surface area contributed by atoms with E-state index in [9.17, 15) is 19.2 Å². The van der Waals surface area contributed by atoms with Crippen LogP contribution in [0, 0.1) is 5.41 Å². The van der Waals surface area contributed by atoms with Crippen molar-refractivity contribution in [2.45, 2.75) is 46.2 Å². The maximum atomic E-state index is 11.8. The van der Waals surface area contributed by atoms with E-state index in [0.717, 1.165) is 0 Å². The molecular weight excluding hydrogens is 266 g/mol. The predicted octanol–water partition coefficient (Wildman–Crippen LogP) is -1.02. The lowest BCUT2D eigenvalue weighted by Crippen LogP contribution is -2.52. The third-order valence-electron chi connectivity index (χ3n) is 2.44. The Morgan fingerprint density at radius 3 is 2.00 bits per heavy atom. The number of aliphatic carboxylic acids is 1. The number of rotatable bonds is 6. The molecule has 2 atom stereocenters. The van der Waals surface area contributed by atoms with Crippen LogP contribution in [0.25, 0.3) is 0 Å². The minimum atomic E-state index is -1.41. The first-order chi connectivity index (χ1) is 8.95. The Hall–Kier alpha value is -2.12. The number of hydrogen-bond acceptors (Lipinski definition) is 4. The number of hydrogen-bond donors (Lipinski definition) is 4. The van der Waals surface area contributed by atoms with Gasteiger partial charge in [-0.05, 0) is 6.92 Å². The summed E-state index contributed by atoms with van der Waals surface area (Å²) in [5, 5.41) is 13.5. The fraction of sp³-hybridized carbons (Fsp3) is 0.667. The van der Waals surface area contributed by atoms with Crippen molar-refractivity contribution in [1.82, 2.24) is 10.6 Å². The molecule has 0 heterocycles. The fourth-order valence-electron chi connectivity index (χ4n) is 1.18. The van der Waals surface area contributed by atoms with Crippen LogP contribution in [0.5, 0.6) is 0 Å². The molecule has 0 rings (SSSR count). The molecule has 0 aromatic heterocycles. The van der Waals surface area contributed by atoms with Gasteiger partial charge < -0.3 is 21.5 Å². The van der Waals surface area contributed by atoms with Crippen LogP contribution < -0.4 is 16.4 Å². The Balaban J connectivity index is 4.62. The SMILES string of the molecule is CC(NC(=O)C(C)(C)C)C(=O)N[C@H](CC(N)=O)C(=O)O. The number of nitrogens with one attached hydrogen (secondary N) is 2. The van der Waals surface area contributed by atoms with Crippen molar-refractivity contribution in [1.29, 1.82) is 0 Å². The lowest BCUT2D eigenvalue weighted by molar-refractivity contribution is -0.143. The predicted molar refractivity (Wildman–Crippen MR) is 70.4 cm³/mol. The van der Waals surface area contributed by atoms with E-state index in [1.165, 1.54) is 6.92 Å². The fourth-order valence-corrected chi connectivity index (χ4v) is 1.18. The van der Waals surface area contributed by atoms with Crippen LogP contribution in [0.1, 0.15) is 34.1 Å². The molecule has 0 aromatic rings. The van der Waals surface area contributed by atoms with Gasteiger partial charge in [0, 0.05) is 5.41 Å². The second kappa shape index (κ2) is 6.88. The van der Waals surface area contributed by atoms with E-state index in [-0.39, 0.29) is 5.91 Å². The molecule has 8 nitrogen and oxygen atoms in total. The van der Waals surface area contributed by atoms with Crippen molar-refractivity contribution < 1.29 is 24.3 Å². The first-order valence-corrected chi connectivity index (χ1v) is 6.07. The molecule has 0 spiro atoms. The highest BCUT2D eigenvalue weighted by molar-refractivity contribution is 5.92. The minimum Gasteiger partial charge on any atom is -0.480 e. The molecule has 5 N–H and O–H groups in total. The van der Waals surface area contributed by atoms with Crippen LogP contribution >= 0.6 is 0 Å².